The summed E-state index contributed by atoms with van der Waals surface area (Å²) in [5.74, 6) is 1.40. The molecule has 0 spiro atoms. The van der Waals surface area contributed by atoms with Gasteiger partial charge in [-0.05, 0) is 24.6 Å². The predicted octanol–water partition coefficient (Wildman–Crippen LogP) is 4.15. The molecule has 0 unspecified atom stereocenters. The molecule has 3 nitrogen and oxygen atoms in total. The molecule has 0 saturated heterocycles. The number of anilines is 1. The molecule has 106 valence electrons. The van der Waals surface area contributed by atoms with Crippen LogP contribution in [0.1, 0.15) is 26.1 Å². The van der Waals surface area contributed by atoms with Crippen molar-refractivity contribution in [3.8, 4) is 0 Å². The second-order valence-electron chi connectivity index (χ2n) is 4.35. The zero-order valence-electron chi connectivity index (χ0n) is 11.7. The van der Waals surface area contributed by atoms with E-state index in [1.54, 1.807) is 6.07 Å². The summed E-state index contributed by atoms with van der Waals surface area (Å²) in [6.45, 7) is 5.01. The van der Waals surface area contributed by atoms with Crippen molar-refractivity contribution in [3.05, 3.63) is 42.0 Å². The molecule has 1 heterocycles. The van der Waals surface area contributed by atoms with Gasteiger partial charge in [0.05, 0.1) is 0 Å². The van der Waals surface area contributed by atoms with Crippen molar-refractivity contribution < 1.29 is 4.39 Å². The zero-order chi connectivity index (χ0) is 14.4. The van der Waals surface area contributed by atoms with Crippen LogP contribution in [0.25, 0.3) is 0 Å². The largest absolute Gasteiger partial charge is 0.370 e. The molecular formula is C15H18FN3S. The molecule has 1 N–H and O–H groups in total. The van der Waals surface area contributed by atoms with Crippen molar-refractivity contribution in [1.29, 1.82) is 0 Å². The highest BCUT2D eigenvalue weighted by atomic mass is 32.2. The number of aromatic nitrogens is 2. The van der Waals surface area contributed by atoms with Crippen LogP contribution in [-0.4, -0.2) is 16.5 Å². The summed E-state index contributed by atoms with van der Waals surface area (Å²) in [5, 5.41) is 4.10. The average molecular weight is 291 g/mol. The highest BCUT2D eigenvalue weighted by molar-refractivity contribution is 7.99. The Hall–Kier alpha value is -1.62. The Kier molecular flexibility index (Phi) is 5.35. The molecule has 20 heavy (non-hydrogen) atoms. The van der Waals surface area contributed by atoms with Gasteiger partial charge in [0.2, 0.25) is 0 Å². The van der Waals surface area contributed by atoms with E-state index in [9.17, 15) is 4.39 Å². The van der Waals surface area contributed by atoms with Gasteiger partial charge >= 0.3 is 0 Å². The molecule has 0 radical (unpaired) electrons. The molecule has 1 aromatic carbocycles. The van der Waals surface area contributed by atoms with Gasteiger partial charge in [-0.3, -0.25) is 0 Å². The van der Waals surface area contributed by atoms with Crippen LogP contribution >= 0.6 is 11.8 Å². The summed E-state index contributed by atoms with van der Waals surface area (Å²) >= 11 is 1.45. The first-order chi connectivity index (χ1) is 9.71. The Morgan fingerprint density at radius 2 is 2.05 bits per heavy atom. The first-order valence-corrected chi connectivity index (χ1v) is 7.58. The van der Waals surface area contributed by atoms with Gasteiger partial charge in [0, 0.05) is 23.9 Å². The molecule has 1 aromatic heterocycles. The molecule has 0 aliphatic carbocycles. The molecule has 0 amide bonds. The summed E-state index contributed by atoms with van der Waals surface area (Å²) < 4.78 is 13.2. The number of hydrogen-bond donors (Lipinski definition) is 1. The van der Waals surface area contributed by atoms with E-state index in [2.05, 4.69) is 22.2 Å². The second-order valence-corrected chi connectivity index (χ2v) is 5.44. The van der Waals surface area contributed by atoms with Crippen LogP contribution < -0.4 is 5.32 Å². The highest BCUT2D eigenvalue weighted by Gasteiger charge is 2.06. The molecule has 5 heteroatoms. The average Bonchev–Trinajstić information content (AvgIpc) is 2.45. The van der Waals surface area contributed by atoms with E-state index >= 15 is 0 Å². The van der Waals surface area contributed by atoms with E-state index in [1.165, 1.54) is 23.9 Å². The lowest BCUT2D eigenvalue weighted by Gasteiger charge is -2.08. The molecule has 0 fully saturated rings. The molecule has 0 saturated carbocycles. The maximum absolute atomic E-state index is 13.2. The molecule has 0 aliphatic heterocycles. The first kappa shape index (κ1) is 14.8. The van der Waals surface area contributed by atoms with Crippen LogP contribution in [0.4, 0.5) is 10.2 Å². The molecular weight excluding hydrogens is 273 g/mol. The number of halogens is 1. The van der Waals surface area contributed by atoms with Gasteiger partial charge in [-0.1, -0.05) is 31.7 Å². The minimum absolute atomic E-state index is 0.232. The van der Waals surface area contributed by atoms with Crippen LogP contribution in [0, 0.1) is 5.82 Å². The van der Waals surface area contributed by atoms with Crippen molar-refractivity contribution in [3.63, 3.8) is 0 Å². The number of nitrogens with zero attached hydrogens (tertiary/aromatic N) is 2. The van der Waals surface area contributed by atoms with E-state index in [0.717, 1.165) is 41.0 Å². The van der Waals surface area contributed by atoms with Crippen molar-refractivity contribution in [2.75, 3.05) is 11.9 Å². The lowest BCUT2D eigenvalue weighted by molar-refractivity contribution is 0.624. The number of hydrogen-bond acceptors (Lipinski definition) is 4. The number of rotatable bonds is 6. The van der Waals surface area contributed by atoms with E-state index in [4.69, 9.17) is 0 Å². The van der Waals surface area contributed by atoms with Crippen LogP contribution in [0.5, 0.6) is 0 Å². The Balaban J connectivity index is 2.21. The van der Waals surface area contributed by atoms with Crippen LogP contribution in [-0.2, 0) is 6.42 Å². The number of nitrogens with one attached hydrogen (secondary N) is 1. The SMILES string of the molecule is CCCNc1cc(Sc2cccc(F)c2)nc(CC)n1. The quantitative estimate of drug-likeness (QED) is 0.811. The topological polar surface area (TPSA) is 37.8 Å². The first-order valence-electron chi connectivity index (χ1n) is 6.76. The molecule has 0 bridgehead atoms. The fourth-order valence-corrected chi connectivity index (χ4v) is 2.56. The fraction of sp³-hybridized carbons (Fsp3) is 0.333. The summed E-state index contributed by atoms with van der Waals surface area (Å²) in [6, 6.07) is 8.44. The lowest BCUT2D eigenvalue weighted by Crippen LogP contribution is -2.05. The maximum atomic E-state index is 13.2. The van der Waals surface area contributed by atoms with Crippen molar-refractivity contribution in [2.24, 2.45) is 0 Å². The summed E-state index contributed by atoms with van der Waals surface area (Å²) in [6.07, 6.45) is 1.82. The summed E-state index contributed by atoms with van der Waals surface area (Å²) in [5.41, 5.74) is 0. The van der Waals surface area contributed by atoms with Gasteiger partial charge in [0.25, 0.3) is 0 Å². The lowest BCUT2D eigenvalue weighted by atomic mass is 10.4. The minimum Gasteiger partial charge on any atom is -0.370 e. The van der Waals surface area contributed by atoms with Gasteiger partial charge in [-0.25, -0.2) is 14.4 Å². The molecule has 2 aromatic rings. The third kappa shape index (κ3) is 4.20. The molecule has 2 rings (SSSR count). The third-order valence-electron chi connectivity index (χ3n) is 2.64. The minimum atomic E-state index is -0.232. The molecule has 0 aliphatic rings. The third-order valence-corrected chi connectivity index (χ3v) is 3.55. The zero-order valence-corrected chi connectivity index (χ0v) is 12.5. The Labute approximate surface area is 123 Å². The number of benzene rings is 1. The summed E-state index contributed by atoms with van der Waals surface area (Å²) in [7, 11) is 0. The van der Waals surface area contributed by atoms with Crippen molar-refractivity contribution in [1.82, 2.24) is 9.97 Å². The van der Waals surface area contributed by atoms with Gasteiger partial charge < -0.3 is 5.32 Å². The predicted molar refractivity (Wildman–Crippen MR) is 80.7 cm³/mol. The summed E-state index contributed by atoms with van der Waals surface area (Å²) in [4.78, 5) is 9.75. The maximum Gasteiger partial charge on any atom is 0.131 e. The van der Waals surface area contributed by atoms with Gasteiger partial charge in [-0.2, -0.15) is 0 Å². The fourth-order valence-electron chi connectivity index (χ4n) is 1.68. The smallest absolute Gasteiger partial charge is 0.131 e. The highest BCUT2D eigenvalue weighted by Crippen LogP contribution is 2.27. The number of aryl methyl sites for hydroxylation is 1. The van der Waals surface area contributed by atoms with Gasteiger partial charge in [0.15, 0.2) is 0 Å². The van der Waals surface area contributed by atoms with Gasteiger partial charge in [-0.15, -0.1) is 0 Å². The Morgan fingerprint density at radius 3 is 2.75 bits per heavy atom. The van der Waals surface area contributed by atoms with Crippen LogP contribution in [0.2, 0.25) is 0 Å². The van der Waals surface area contributed by atoms with E-state index in [0.29, 0.717) is 0 Å². The van der Waals surface area contributed by atoms with E-state index < -0.39 is 0 Å². The second kappa shape index (κ2) is 7.24. The standard InChI is InChI=1S/C15H18FN3S/c1-3-8-17-14-10-15(19-13(4-2)18-14)20-12-7-5-6-11(16)9-12/h5-7,9-10H,3-4,8H2,1-2H3,(H,17,18,19). The monoisotopic (exact) mass is 291 g/mol. The van der Waals surface area contributed by atoms with Crippen LogP contribution in [0.3, 0.4) is 0 Å². The van der Waals surface area contributed by atoms with Crippen molar-refractivity contribution in [2.45, 2.75) is 36.6 Å². The Morgan fingerprint density at radius 1 is 1.20 bits per heavy atom. The van der Waals surface area contributed by atoms with Crippen LogP contribution in [0.15, 0.2) is 40.3 Å². The normalized spacial score (nSPS) is 10.6. The van der Waals surface area contributed by atoms with E-state index in [-0.39, 0.29) is 5.82 Å². The molecule has 0 atom stereocenters. The van der Waals surface area contributed by atoms with Crippen molar-refractivity contribution >= 4 is 17.6 Å². The van der Waals surface area contributed by atoms with E-state index in [1.807, 2.05) is 19.1 Å². The van der Waals surface area contributed by atoms with Gasteiger partial charge in [0.1, 0.15) is 22.5 Å². The Bertz CT molecular complexity index is 575.